The molecule has 0 saturated heterocycles. The molecule has 0 saturated carbocycles. The summed E-state index contributed by atoms with van der Waals surface area (Å²) in [5, 5.41) is 10.3. The van der Waals surface area contributed by atoms with Crippen molar-refractivity contribution in [1.29, 1.82) is 0 Å². The van der Waals surface area contributed by atoms with E-state index in [-0.39, 0.29) is 0 Å². The molecule has 0 atom stereocenters. The third-order valence-electron chi connectivity index (χ3n) is 12.6. The van der Waals surface area contributed by atoms with Crippen LogP contribution in [-0.2, 0) is 0 Å². The molecule has 3 heterocycles. The molecule has 0 aliphatic rings. The lowest BCUT2D eigenvalue weighted by Gasteiger charge is -2.26. The van der Waals surface area contributed by atoms with Crippen LogP contribution in [-0.4, -0.2) is 4.57 Å². The van der Waals surface area contributed by atoms with Crippen LogP contribution < -0.4 is 4.90 Å². The SMILES string of the molecule is c1ccc(-c2ccc(N(c3ccc(-c4ccc5c(c4)c4c6ccccc6ccc4n5-c4ccc5c(c4)sc4ccccc45)cc3)c3ccc4c(c3)sc3ccccc34)cc2)cc1. The normalized spacial score (nSPS) is 11.9. The summed E-state index contributed by atoms with van der Waals surface area (Å²) in [5.41, 5.74) is 11.8. The Kier molecular flexibility index (Phi) is 7.99. The number of anilines is 3. The quantitative estimate of drug-likeness (QED) is 0.162. The van der Waals surface area contributed by atoms with Gasteiger partial charge in [-0.15, -0.1) is 22.7 Å². The number of benzene rings is 10. The number of hydrogen-bond donors (Lipinski definition) is 0. The Labute approximate surface area is 366 Å². The maximum Gasteiger partial charge on any atom is 0.0547 e. The number of rotatable bonds is 6. The summed E-state index contributed by atoms with van der Waals surface area (Å²) in [5.74, 6) is 0. The van der Waals surface area contributed by atoms with Crippen molar-refractivity contribution in [1.82, 2.24) is 4.57 Å². The van der Waals surface area contributed by atoms with Gasteiger partial charge in [-0.1, -0.05) is 140 Å². The number of thiophene rings is 2. The Morgan fingerprint density at radius 2 is 0.823 bits per heavy atom. The summed E-state index contributed by atoms with van der Waals surface area (Å²) in [7, 11) is 0. The van der Waals surface area contributed by atoms with E-state index in [2.05, 4.69) is 228 Å². The minimum atomic E-state index is 1.11. The van der Waals surface area contributed by atoms with Crippen LogP contribution in [0.4, 0.5) is 17.1 Å². The smallest absolute Gasteiger partial charge is 0.0547 e. The van der Waals surface area contributed by atoms with Gasteiger partial charge in [-0.05, 0) is 112 Å². The molecule has 0 unspecified atom stereocenters. The van der Waals surface area contributed by atoms with Crippen LogP contribution in [0.2, 0.25) is 0 Å². The molecule has 3 aromatic heterocycles. The summed E-state index contributed by atoms with van der Waals surface area (Å²) < 4.78 is 7.69. The third-order valence-corrected chi connectivity index (χ3v) is 14.9. The second-order valence-electron chi connectivity index (χ2n) is 16.1. The van der Waals surface area contributed by atoms with Gasteiger partial charge in [-0.2, -0.15) is 0 Å². The molecule has 10 aromatic carbocycles. The summed E-state index contributed by atoms with van der Waals surface area (Å²) in [6, 6.07) is 80.4. The topological polar surface area (TPSA) is 8.17 Å². The Balaban J connectivity index is 0.938. The van der Waals surface area contributed by atoms with Gasteiger partial charge >= 0.3 is 0 Å². The lowest BCUT2D eigenvalue weighted by molar-refractivity contribution is 1.19. The first kappa shape index (κ1) is 35.3. The first-order valence-electron chi connectivity index (χ1n) is 21.1. The van der Waals surface area contributed by atoms with Gasteiger partial charge in [-0.25, -0.2) is 0 Å². The molecule has 0 N–H and O–H groups in total. The molecular weight excluding hydrogens is 789 g/mol. The molecule has 0 bridgehead atoms. The second kappa shape index (κ2) is 14.0. The van der Waals surface area contributed by atoms with E-state index in [4.69, 9.17) is 0 Å². The van der Waals surface area contributed by atoms with Crippen LogP contribution in [0.25, 0.3) is 101 Å². The predicted octanol–water partition coefficient (Wildman–Crippen LogP) is 17.5. The molecule has 0 radical (unpaired) electrons. The summed E-state index contributed by atoms with van der Waals surface area (Å²) in [4.78, 5) is 2.39. The summed E-state index contributed by atoms with van der Waals surface area (Å²) in [6.07, 6.45) is 0. The van der Waals surface area contributed by atoms with E-state index in [0.29, 0.717) is 0 Å². The van der Waals surface area contributed by atoms with Gasteiger partial charge in [0.2, 0.25) is 0 Å². The highest BCUT2D eigenvalue weighted by atomic mass is 32.1. The highest BCUT2D eigenvalue weighted by Gasteiger charge is 2.19. The highest BCUT2D eigenvalue weighted by Crippen LogP contribution is 2.44. The molecular formula is C58H36N2S2. The molecule has 0 spiro atoms. The summed E-state index contributed by atoms with van der Waals surface area (Å²) in [6.45, 7) is 0. The fourth-order valence-electron chi connectivity index (χ4n) is 9.64. The van der Waals surface area contributed by atoms with E-state index in [1.807, 2.05) is 22.7 Å². The number of aromatic nitrogens is 1. The van der Waals surface area contributed by atoms with Crippen molar-refractivity contribution in [2.24, 2.45) is 0 Å². The van der Waals surface area contributed by atoms with E-state index < -0.39 is 0 Å². The Hall–Kier alpha value is -7.50. The fraction of sp³-hybridized carbons (Fsp3) is 0. The lowest BCUT2D eigenvalue weighted by atomic mass is 9.99. The molecule has 62 heavy (non-hydrogen) atoms. The maximum atomic E-state index is 2.46. The van der Waals surface area contributed by atoms with Crippen LogP contribution in [0.5, 0.6) is 0 Å². The standard InChI is InChI=1S/C58H36N2S2/c1-2-10-37(11-3-1)38-18-24-42(25-19-38)59(44-28-30-49-47-14-6-8-16-54(47)61-56(49)35-44)43-26-20-39(21-27-43)41-23-32-52-51(34-41)58-46-13-5-4-12-40(46)22-33-53(58)60(52)45-29-31-50-48-15-7-9-17-55(48)62-57(50)36-45/h1-36H. The van der Waals surface area contributed by atoms with Crippen molar-refractivity contribution in [3.8, 4) is 27.9 Å². The van der Waals surface area contributed by atoms with Crippen molar-refractivity contribution in [3.63, 3.8) is 0 Å². The van der Waals surface area contributed by atoms with E-state index in [1.165, 1.54) is 101 Å². The molecule has 13 rings (SSSR count). The van der Waals surface area contributed by atoms with Gasteiger partial charge in [0.05, 0.1) is 11.0 Å². The molecule has 290 valence electrons. The van der Waals surface area contributed by atoms with Gasteiger partial charge in [0.1, 0.15) is 0 Å². The van der Waals surface area contributed by atoms with E-state index >= 15 is 0 Å². The zero-order chi connectivity index (χ0) is 40.7. The lowest BCUT2D eigenvalue weighted by Crippen LogP contribution is -2.09. The molecule has 4 heteroatoms. The minimum Gasteiger partial charge on any atom is -0.310 e. The van der Waals surface area contributed by atoms with E-state index in [1.54, 1.807) is 0 Å². The first-order chi connectivity index (χ1) is 30.7. The number of nitrogens with zero attached hydrogens (tertiary/aromatic N) is 2. The average Bonchev–Trinajstić information content (AvgIpc) is 4.01. The van der Waals surface area contributed by atoms with Crippen molar-refractivity contribution >= 4 is 113 Å². The molecule has 13 aromatic rings. The van der Waals surface area contributed by atoms with Crippen molar-refractivity contribution in [3.05, 3.63) is 218 Å². The van der Waals surface area contributed by atoms with Crippen LogP contribution in [0, 0.1) is 0 Å². The first-order valence-corrected chi connectivity index (χ1v) is 22.7. The Bertz CT molecular complexity index is 3850. The van der Waals surface area contributed by atoms with Gasteiger partial charge < -0.3 is 9.47 Å². The molecule has 0 aliphatic carbocycles. The summed E-state index contributed by atoms with van der Waals surface area (Å²) >= 11 is 3.73. The molecule has 0 fully saturated rings. The third kappa shape index (κ3) is 5.61. The zero-order valence-corrected chi connectivity index (χ0v) is 35.1. The average molecular weight is 825 g/mol. The van der Waals surface area contributed by atoms with Gasteiger partial charge in [0.15, 0.2) is 0 Å². The van der Waals surface area contributed by atoms with Crippen LogP contribution in [0.1, 0.15) is 0 Å². The highest BCUT2D eigenvalue weighted by molar-refractivity contribution is 7.26. The van der Waals surface area contributed by atoms with Gasteiger partial charge in [0.25, 0.3) is 0 Å². The number of fused-ring (bicyclic) bond motifs is 11. The van der Waals surface area contributed by atoms with Crippen LogP contribution >= 0.6 is 22.7 Å². The van der Waals surface area contributed by atoms with Gasteiger partial charge in [0, 0.05) is 73.9 Å². The zero-order valence-electron chi connectivity index (χ0n) is 33.5. The van der Waals surface area contributed by atoms with Crippen molar-refractivity contribution in [2.45, 2.75) is 0 Å². The van der Waals surface area contributed by atoms with Crippen LogP contribution in [0.3, 0.4) is 0 Å². The minimum absolute atomic E-state index is 1.11. The molecule has 2 nitrogen and oxygen atoms in total. The van der Waals surface area contributed by atoms with E-state index in [9.17, 15) is 0 Å². The van der Waals surface area contributed by atoms with Crippen LogP contribution in [0.15, 0.2) is 218 Å². The van der Waals surface area contributed by atoms with Crippen molar-refractivity contribution in [2.75, 3.05) is 4.90 Å². The molecule has 0 aliphatic heterocycles. The van der Waals surface area contributed by atoms with Gasteiger partial charge in [-0.3, -0.25) is 0 Å². The maximum absolute atomic E-state index is 2.46. The largest absolute Gasteiger partial charge is 0.310 e. The Morgan fingerprint density at radius 1 is 0.306 bits per heavy atom. The monoisotopic (exact) mass is 824 g/mol. The fourth-order valence-corrected chi connectivity index (χ4v) is 11.9. The number of hydrogen-bond acceptors (Lipinski definition) is 3. The molecule has 0 amide bonds. The second-order valence-corrected chi connectivity index (χ2v) is 18.3. The predicted molar refractivity (Wildman–Crippen MR) is 270 cm³/mol. The Morgan fingerprint density at radius 3 is 1.53 bits per heavy atom. The van der Waals surface area contributed by atoms with E-state index in [0.717, 1.165) is 17.1 Å². The van der Waals surface area contributed by atoms with Crippen molar-refractivity contribution < 1.29 is 0 Å².